The zero-order valence-electron chi connectivity index (χ0n) is 19.6. The molecule has 3 aromatic carbocycles. The molecule has 0 bridgehead atoms. The fraction of sp³-hybridized carbons (Fsp3) is 0.185. The molecule has 2 heterocycles. The second-order valence-corrected chi connectivity index (χ2v) is 9.18. The number of carbonyl (C=O) groups is 1. The molecule has 36 heavy (non-hydrogen) atoms. The predicted octanol–water partition coefficient (Wildman–Crippen LogP) is 4.15. The topological polar surface area (TPSA) is 92.7 Å². The van der Waals surface area contributed by atoms with Crippen LogP contribution in [0.5, 0.6) is 0 Å². The van der Waals surface area contributed by atoms with Crippen LogP contribution in [0.3, 0.4) is 0 Å². The van der Waals surface area contributed by atoms with Crippen LogP contribution in [0.25, 0.3) is 0 Å². The summed E-state index contributed by atoms with van der Waals surface area (Å²) >= 11 is 6.10. The van der Waals surface area contributed by atoms with E-state index in [-0.39, 0.29) is 18.4 Å². The fourth-order valence-corrected chi connectivity index (χ4v) is 4.44. The van der Waals surface area contributed by atoms with Crippen molar-refractivity contribution in [2.75, 3.05) is 11.6 Å². The van der Waals surface area contributed by atoms with Crippen molar-refractivity contribution in [2.45, 2.75) is 25.9 Å². The monoisotopic (exact) mass is 501 g/mol. The second-order valence-electron chi connectivity index (χ2n) is 8.74. The Hall–Kier alpha value is -4.17. The van der Waals surface area contributed by atoms with Gasteiger partial charge < -0.3 is 5.11 Å². The van der Waals surface area contributed by atoms with Crippen molar-refractivity contribution >= 4 is 29.2 Å². The summed E-state index contributed by atoms with van der Waals surface area (Å²) in [5, 5.41) is 21.1. The van der Waals surface area contributed by atoms with E-state index in [0.29, 0.717) is 11.6 Å². The maximum absolute atomic E-state index is 13.2. The van der Waals surface area contributed by atoms with E-state index in [1.54, 1.807) is 17.1 Å². The molecule has 0 saturated carbocycles. The highest BCUT2D eigenvalue weighted by Crippen LogP contribution is 2.31. The van der Waals surface area contributed by atoms with Crippen LogP contribution in [-0.2, 0) is 17.9 Å². The molecule has 1 aliphatic heterocycles. The molecule has 1 atom stereocenters. The van der Waals surface area contributed by atoms with Crippen molar-refractivity contribution in [1.29, 1.82) is 0 Å². The van der Waals surface area contributed by atoms with Gasteiger partial charge in [0.15, 0.2) is 0 Å². The van der Waals surface area contributed by atoms with Crippen molar-refractivity contribution in [2.24, 2.45) is 5.10 Å². The van der Waals surface area contributed by atoms with Crippen LogP contribution >= 0.6 is 11.6 Å². The SMILES string of the molecule is Cc1ccc(Cn2nc(N3CC(c4ccccc4)C(c4ccc(Cl)cc4)=N3)n(CC(=O)O)c2=O)cc1. The van der Waals surface area contributed by atoms with E-state index in [2.05, 4.69) is 5.10 Å². The molecule has 5 rings (SSSR count). The van der Waals surface area contributed by atoms with Crippen molar-refractivity contribution in [3.63, 3.8) is 0 Å². The molecule has 1 N–H and O–H groups in total. The Balaban J connectivity index is 1.57. The standard InChI is InChI=1S/C27H24ClN5O3/c1-18-7-9-19(10-8-18)15-33-27(36)31(17-24(34)35)26(30-33)32-16-23(20-5-3-2-4-6-20)25(29-32)21-11-13-22(28)14-12-21/h2-14,23H,15-17H2,1H3,(H,34,35). The van der Waals surface area contributed by atoms with Crippen LogP contribution in [0.4, 0.5) is 5.95 Å². The number of carboxylic acid groups (broad SMARTS) is 1. The molecule has 182 valence electrons. The first-order valence-corrected chi connectivity index (χ1v) is 11.9. The third-order valence-corrected chi connectivity index (χ3v) is 6.39. The average Bonchev–Trinajstić information content (AvgIpc) is 3.44. The molecule has 0 aliphatic carbocycles. The lowest BCUT2D eigenvalue weighted by Gasteiger charge is -2.15. The van der Waals surface area contributed by atoms with Gasteiger partial charge in [-0.2, -0.15) is 5.10 Å². The number of hydrogen-bond acceptors (Lipinski definition) is 5. The number of aryl methyl sites for hydroxylation is 1. The van der Waals surface area contributed by atoms with E-state index >= 15 is 0 Å². The van der Waals surface area contributed by atoms with Crippen LogP contribution in [0.15, 0.2) is 88.8 Å². The van der Waals surface area contributed by atoms with E-state index in [1.165, 1.54) is 4.68 Å². The Morgan fingerprint density at radius 3 is 2.39 bits per heavy atom. The predicted molar refractivity (Wildman–Crippen MR) is 139 cm³/mol. The Labute approximate surface area is 212 Å². The molecule has 9 heteroatoms. The lowest BCUT2D eigenvalue weighted by Crippen LogP contribution is -2.29. The largest absolute Gasteiger partial charge is 0.480 e. The molecule has 1 unspecified atom stereocenters. The summed E-state index contributed by atoms with van der Waals surface area (Å²) in [5.41, 5.74) is 4.24. The number of benzene rings is 3. The Morgan fingerprint density at radius 2 is 1.72 bits per heavy atom. The summed E-state index contributed by atoms with van der Waals surface area (Å²) < 4.78 is 2.45. The highest BCUT2D eigenvalue weighted by Gasteiger charge is 2.33. The minimum Gasteiger partial charge on any atom is -0.480 e. The van der Waals surface area contributed by atoms with Gasteiger partial charge in [0.2, 0.25) is 5.95 Å². The first-order valence-electron chi connectivity index (χ1n) is 11.5. The van der Waals surface area contributed by atoms with E-state index in [9.17, 15) is 14.7 Å². The molecule has 0 fully saturated rings. The highest BCUT2D eigenvalue weighted by atomic mass is 35.5. The summed E-state index contributed by atoms with van der Waals surface area (Å²) in [4.78, 5) is 24.8. The number of aromatic nitrogens is 3. The van der Waals surface area contributed by atoms with Crippen molar-refractivity contribution < 1.29 is 9.90 Å². The zero-order chi connectivity index (χ0) is 25.2. The number of halogens is 1. The third-order valence-electron chi connectivity index (χ3n) is 6.14. The molecular formula is C27H24ClN5O3. The van der Waals surface area contributed by atoms with Crippen LogP contribution in [0.1, 0.15) is 28.2 Å². The van der Waals surface area contributed by atoms with Gasteiger partial charge in [-0.3, -0.25) is 4.79 Å². The average molecular weight is 502 g/mol. The van der Waals surface area contributed by atoms with Crippen LogP contribution < -0.4 is 10.7 Å². The second kappa shape index (κ2) is 9.83. The van der Waals surface area contributed by atoms with E-state index in [1.807, 2.05) is 73.7 Å². The van der Waals surface area contributed by atoms with Gasteiger partial charge in [-0.05, 0) is 35.7 Å². The number of nitrogens with zero attached hydrogens (tertiary/aromatic N) is 5. The minimum absolute atomic E-state index is 0.108. The van der Waals surface area contributed by atoms with Gasteiger partial charge in [0.25, 0.3) is 0 Å². The van der Waals surface area contributed by atoms with Crippen molar-refractivity contribution in [1.82, 2.24) is 14.3 Å². The Kier molecular flexibility index (Phi) is 6.43. The number of anilines is 1. The van der Waals surface area contributed by atoms with Gasteiger partial charge in [-0.15, -0.1) is 5.10 Å². The molecular weight excluding hydrogens is 478 g/mol. The zero-order valence-corrected chi connectivity index (χ0v) is 20.3. The number of carboxylic acids is 1. The van der Waals surface area contributed by atoms with Gasteiger partial charge in [-0.25, -0.2) is 19.1 Å². The molecule has 8 nitrogen and oxygen atoms in total. The molecule has 1 aromatic heterocycles. The quantitative estimate of drug-likeness (QED) is 0.410. The molecule has 0 spiro atoms. The maximum atomic E-state index is 13.2. The summed E-state index contributed by atoms with van der Waals surface area (Å²) in [6, 6.07) is 25.1. The third kappa shape index (κ3) is 4.81. The summed E-state index contributed by atoms with van der Waals surface area (Å²) in [6.07, 6.45) is 0. The van der Waals surface area contributed by atoms with E-state index in [0.717, 1.165) is 32.5 Å². The smallest absolute Gasteiger partial charge is 0.348 e. The van der Waals surface area contributed by atoms with E-state index < -0.39 is 18.2 Å². The summed E-state index contributed by atoms with van der Waals surface area (Å²) in [5.74, 6) is -1.05. The van der Waals surface area contributed by atoms with Crippen LogP contribution in [0, 0.1) is 6.92 Å². The van der Waals surface area contributed by atoms with Crippen LogP contribution in [0.2, 0.25) is 5.02 Å². The summed E-state index contributed by atoms with van der Waals surface area (Å²) in [6.45, 7) is 2.10. The number of hydrazone groups is 1. The fourth-order valence-electron chi connectivity index (χ4n) is 4.32. The van der Waals surface area contributed by atoms with Gasteiger partial charge in [0, 0.05) is 10.9 Å². The van der Waals surface area contributed by atoms with Gasteiger partial charge in [0.1, 0.15) is 6.54 Å². The van der Waals surface area contributed by atoms with Gasteiger partial charge >= 0.3 is 11.7 Å². The Morgan fingerprint density at radius 1 is 1.03 bits per heavy atom. The lowest BCUT2D eigenvalue weighted by atomic mass is 9.91. The molecule has 1 aliphatic rings. The molecule has 0 radical (unpaired) electrons. The minimum atomic E-state index is -1.13. The normalized spacial score (nSPS) is 15.2. The molecule has 0 saturated heterocycles. The molecule has 4 aromatic rings. The van der Waals surface area contributed by atoms with Crippen LogP contribution in [-0.4, -0.2) is 37.7 Å². The lowest BCUT2D eigenvalue weighted by molar-refractivity contribution is -0.137. The van der Waals surface area contributed by atoms with Crippen molar-refractivity contribution in [3.05, 3.63) is 117 Å². The number of aliphatic carboxylic acids is 1. The number of hydrogen-bond donors (Lipinski definition) is 1. The number of rotatable bonds is 7. The van der Waals surface area contributed by atoms with Gasteiger partial charge in [0.05, 0.1) is 18.8 Å². The molecule has 0 amide bonds. The summed E-state index contributed by atoms with van der Waals surface area (Å²) in [7, 11) is 0. The maximum Gasteiger partial charge on any atom is 0.348 e. The van der Waals surface area contributed by atoms with E-state index in [4.69, 9.17) is 16.7 Å². The Bertz CT molecular complexity index is 1470. The van der Waals surface area contributed by atoms with Crippen molar-refractivity contribution in [3.8, 4) is 0 Å². The van der Waals surface area contributed by atoms with Gasteiger partial charge in [-0.1, -0.05) is 83.9 Å². The highest BCUT2D eigenvalue weighted by molar-refractivity contribution is 6.30. The first kappa shape index (κ1) is 23.6. The first-order chi connectivity index (χ1) is 17.4.